The second kappa shape index (κ2) is 7.40. The van der Waals surface area contributed by atoms with Gasteiger partial charge in [0.15, 0.2) is 0 Å². The maximum Gasteiger partial charge on any atom is 0.251 e. The SMILES string of the molecule is Cc1cc(I)ccc1NC(=O)C(C)NC(=O)c1ccccc1. The van der Waals surface area contributed by atoms with Crippen LogP contribution in [0.2, 0.25) is 0 Å². The van der Waals surface area contributed by atoms with E-state index in [0.29, 0.717) is 5.56 Å². The number of hydrogen-bond acceptors (Lipinski definition) is 2. The van der Waals surface area contributed by atoms with Crippen molar-refractivity contribution in [3.63, 3.8) is 0 Å². The third kappa shape index (κ3) is 4.30. The summed E-state index contributed by atoms with van der Waals surface area (Å²) in [5.74, 6) is -0.504. The fourth-order valence-electron chi connectivity index (χ4n) is 1.94. The van der Waals surface area contributed by atoms with Crippen molar-refractivity contribution >= 4 is 40.1 Å². The summed E-state index contributed by atoms with van der Waals surface area (Å²) in [6, 6.07) is 14.0. The van der Waals surface area contributed by atoms with Crippen LogP contribution in [-0.2, 0) is 4.79 Å². The average molecular weight is 408 g/mol. The molecule has 5 heteroatoms. The van der Waals surface area contributed by atoms with E-state index in [1.807, 2.05) is 31.2 Å². The third-order valence-corrected chi connectivity index (χ3v) is 3.89. The molecule has 0 saturated heterocycles. The Morgan fingerprint density at radius 2 is 1.77 bits per heavy atom. The van der Waals surface area contributed by atoms with Crippen LogP contribution in [0, 0.1) is 10.5 Å². The molecule has 0 radical (unpaired) electrons. The van der Waals surface area contributed by atoms with E-state index in [2.05, 4.69) is 33.2 Å². The van der Waals surface area contributed by atoms with Gasteiger partial charge in [-0.25, -0.2) is 0 Å². The number of hydrogen-bond donors (Lipinski definition) is 2. The molecule has 0 aliphatic carbocycles. The normalized spacial score (nSPS) is 11.6. The number of amides is 2. The summed E-state index contributed by atoms with van der Waals surface area (Å²) in [7, 11) is 0. The Morgan fingerprint density at radius 1 is 1.09 bits per heavy atom. The van der Waals surface area contributed by atoms with Crippen molar-refractivity contribution in [2.45, 2.75) is 19.9 Å². The lowest BCUT2D eigenvalue weighted by molar-refractivity contribution is -0.117. The summed E-state index contributed by atoms with van der Waals surface area (Å²) in [4.78, 5) is 24.2. The van der Waals surface area contributed by atoms with Gasteiger partial charge in [-0.15, -0.1) is 0 Å². The quantitative estimate of drug-likeness (QED) is 0.763. The maximum atomic E-state index is 12.2. The van der Waals surface area contributed by atoms with E-state index in [1.54, 1.807) is 31.2 Å². The first kappa shape index (κ1) is 16.5. The van der Waals surface area contributed by atoms with Crippen molar-refractivity contribution in [3.8, 4) is 0 Å². The van der Waals surface area contributed by atoms with Crippen LogP contribution in [0.25, 0.3) is 0 Å². The molecule has 4 nitrogen and oxygen atoms in total. The zero-order chi connectivity index (χ0) is 16.1. The minimum absolute atomic E-state index is 0.242. The fourth-order valence-corrected chi connectivity index (χ4v) is 2.59. The van der Waals surface area contributed by atoms with Gasteiger partial charge in [0.2, 0.25) is 5.91 Å². The van der Waals surface area contributed by atoms with E-state index in [4.69, 9.17) is 0 Å². The molecule has 114 valence electrons. The Hall–Kier alpha value is -1.89. The largest absolute Gasteiger partial charge is 0.341 e. The van der Waals surface area contributed by atoms with Crippen LogP contribution < -0.4 is 10.6 Å². The number of carbonyl (C=O) groups is 2. The van der Waals surface area contributed by atoms with Gasteiger partial charge in [0.25, 0.3) is 5.91 Å². The van der Waals surface area contributed by atoms with E-state index >= 15 is 0 Å². The van der Waals surface area contributed by atoms with Crippen molar-refractivity contribution < 1.29 is 9.59 Å². The summed E-state index contributed by atoms with van der Waals surface area (Å²) in [6.45, 7) is 3.60. The van der Waals surface area contributed by atoms with Gasteiger partial charge in [0.05, 0.1) is 0 Å². The van der Waals surface area contributed by atoms with Crippen LogP contribution in [-0.4, -0.2) is 17.9 Å². The van der Waals surface area contributed by atoms with Gasteiger partial charge in [-0.05, 0) is 72.3 Å². The molecule has 2 N–H and O–H groups in total. The van der Waals surface area contributed by atoms with Gasteiger partial charge >= 0.3 is 0 Å². The first-order valence-corrected chi connectivity index (χ1v) is 7.98. The van der Waals surface area contributed by atoms with Crippen LogP contribution in [0.5, 0.6) is 0 Å². The third-order valence-electron chi connectivity index (χ3n) is 3.22. The molecular weight excluding hydrogens is 391 g/mol. The lowest BCUT2D eigenvalue weighted by Crippen LogP contribution is -2.41. The molecule has 0 aliphatic heterocycles. The Bertz CT molecular complexity index is 686. The number of rotatable bonds is 4. The van der Waals surface area contributed by atoms with Gasteiger partial charge in [0, 0.05) is 14.8 Å². The van der Waals surface area contributed by atoms with Crippen LogP contribution in [0.4, 0.5) is 5.69 Å². The van der Waals surface area contributed by atoms with E-state index < -0.39 is 6.04 Å². The molecule has 0 aromatic heterocycles. The predicted octanol–water partition coefficient (Wildman–Crippen LogP) is 3.36. The second-order valence-corrected chi connectivity index (χ2v) is 6.26. The molecule has 2 aromatic carbocycles. The number of aryl methyl sites for hydroxylation is 1. The number of halogens is 1. The molecule has 1 unspecified atom stereocenters. The van der Waals surface area contributed by atoms with E-state index in [-0.39, 0.29) is 11.8 Å². The molecule has 0 spiro atoms. The standard InChI is InChI=1S/C17H17IN2O2/c1-11-10-14(18)8-9-15(11)20-16(21)12(2)19-17(22)13-6-4-3-5-7-13/h3-10,12H,1-2H3,(H,19,22)(H,20,21). The highest BCUT2D eigenvalue weighted by molar-refractivity contribution is 14.1. The first-order chi connectivity index (χ1) is 10.5. The highest BCUT2D eigenvalue weighted by Crippen LogP contribution is 2.17. The zero-order valence-corrected chi connectivity index (χ0v) is 14.5. The molecule has 2 rings (SSSR count). The van der Waals surface area contributed by atoms with Crippen LogP contribution in [0.15, 0.2) is 48.5 Å². The Labute approximate surface area is 143 Å². The van der Waals surface area contributed by atoms with Gasteiger partial charge < -0.3 is 10.6 Å². The molecule has 2 amide bonds. The Balaban J connectivity index is 1.99. The highest BCUT2D eigenvalue weighted by Gasteiger charge is 2.17. The predicted molar refractivity (Wildman–Crippen MR) is 95.9 cm³/mol. The summed E-state index contributed by atoms with van der Waals surface area (Å²) >= 11 is 2.22. The van der Waals surface area contributed by atoms with Crippen LogP contribution in [0.3, 0.4) is 0 Å². The minimum Gasteiger partial charge on any atom is -0.341 e. The summed E-state index contributed by atoms with van der Waals surface area (Å²) in [6.07, 6.45) is 0. The number of benzene rings is 2. The number of anilines is 1. The number of nitrogens with one attached hydrogen (secondary N) is 2. The average Bonchev–Trinajstić information content (AvgIpc) is 2.50. The lowest BCUT2D eigenvalue weighted by Gasteiger charge is -2.15. The van der Waals surface area contributed by atoms with Gasteiger partial charge in [-0.1, -0.05) is 18.2 Å². The molecular formula is C17H17IN2O2. The monoisotopic (exact) mass is 408 g/mol. The van der Waals surface area contributed by atoms with Gasteiger partial charge in [-0.3, -0.25) is 9.59 Å². The summed E-state index contributed by atoms with van der Waals surface area (Å²) < 4.78 is 1.11. The van der Waals surface area contributed by atoms with E-state index in [1.165, 1.54) is 0 Å². The summed E-state index contributed by atoms with van der Waals surface area (Å²) in [5, 5.41) is 5.53. The van der Waals surface area contributed by atoms with Crippen molar-refractivity contribution in [3.05, 3.63) is 63.2 Å². The lowest BCUT2D eigenvalue weighted by atomic mass is 10.1. The van der Waals surface area contributed by atoms with Crippen molar-refractivity contribution in [2.24, 2.45) is 0 Å². The molecule has 22 heavy (non-hydrogen) atoms. The maximum absolute atomic E-state index is 12.2. The van der Waals surface area contributed by atoms with Crippen molar-refractivity contribution in [1.82, 2.24) is 5.32 Å². The van der Waals surface area contributed by atoms with Crippen molar-refractivity contribution in [2.75, 3.05) is 5.32 Å². The van der Waals surface area contributed by atoms with E-state index in [9.17, 15) is 9.59 Å². The molecule has 0 saturated carbocycles. The van der Waals surface area contributed by atoms with Crippen LogP contribution >= 0.6 is 22.6 Å². The first-order valence-electron chi connectivity index (χ1n) is 6.90. The van der Waals surface area contributed by atoms with Gasteiger partial charge in [-0.2, -0.15) is 0 Å². The zero-order valence-electron chi connectivity index (χ0n) is 12.4. The second-order valence-electron chi connectivity index (χ2n) is 5.01. The number of carbonyl (C=O) groups excluding carboxylic acids is 2. The molecule has 0 aliphatic rings. The van der Waals surface area contributed by atoms with E-state index in [0.717, 1.165) is 14.8 Å². The summed E-state index contributed by atoms with van der Waals surface area (Å²) in [5.41, 5.74) is 2.28. The molecule has 0 bridgehead atoms. The fraction of sp³-hybridized carbons (Fsp3) is 0.176. The smallest absolute Gasteiger partial charge is 0.251 e. The molecule has 0 fully saturated rings. The minimum atomic E-state index is -0.619. The Morgan fingerprint density at radius 3 is 2.41 bits per heavy atom. The topological polar surface area (TPSA) is 58.2 Å². The van der Waals surface area contributed by atoms with Crippen LogP contribution in [0.1, 0.15) is 22.8 Å². The van der Waals surface area contributed by atoms with Crippen molar-refractivity contribution in [1.29, 1.82) is 0 Å². The van der Waals surface area contributed by atoms with Gasteiger partial charge in [0.1, 0.15) is 6.04 Å². The molecule has 0 heterocycles. The highest BCUT2D eigenvalue weighted by atomic mass is 127. The Kier molecular flexibility index (Phi) is 5.54. The molecule has 2 aromatic rings. The molecule has 1 atom stereocenters.